The molecule has 0 saturated heterocycles. The first-order valence-electron chi connectivity index (χ1n) is 3.67. The highest BCUT2D eigenvalue weighted by atomic mass is 127. The average Bonchev–Trinajstić information content (AvgIpc) is 1.94. The maximum atomic E-state index is 13.1. The number of pyridine rings is 1. The highest BCUT2D eigenvalue weighted by molar-refractivity contribution is 14.1. The molecular formula is C8H10FIN2. The second kappa shape index (κ2) is 4.02. The highest BCUT2D eigenvalue weighted by Crippen LogP contribution is 2.13. The predicted molar refractivity (Wildman–Crippen MR) is 55.7 cm³/mol. The Morgan fingerprint density at radius 1 is 1.58 bits per heavy atom. The van der Waals surface area contributed by atoms with Crippen molar-refractivity contribution in [2.75, 3.05) is 5.32 Å². The van der Waals surface area contributed by atoms with Gasteiger partial charge in [-0.05, 0) is 42.5 Å². The number of aromatic nitrogens is 1. The van der Waals surface area contributed by atoms with E-state index in [-0.39, 0.29) is 11.9 Å². The summed E-state index contributed by atoms with van der Waals surface area (Å²) in [5, 5.41) is 2.91. The molecule has 0 aliphatic rings. The lowest BCUT2D eigenvalue weighted by atomic mass is 10.3. The molecule has 0 aromatic carbocycles. The molecule has 1 aromatic rings. The van der Waals surface area contributed by atoms with Crippen molar-refractivity contribution in [1.82, 2.24) is 4.98 Å². The van der Waals surface area contributed by atoms with Gasteiger partial charge in [-0.15, -0.1) is 0 Å². The van der Waals surface area contributed by atoms with Crippen LogP contribution in [0.1, 0.15) is 13.8 Å². The molecule has 12 heavy (non-hydrogen) atoms. The fourth-order valence-electron chi connectivity index (χ4n) is 0.794. The molecule has 1 rings (SSSR count). The Labute approximate surface area is 84.7 Å². The van der Waals surface area contributed by atoms with Gasteiger partial charge in [0, 0.05) is 15.8 Å². The van der Waals surface area contributed by atoms with Gasteiger partial charge in [-0.1, -0.05) is 0 Å². The molecule has 1 heterocycles. The zero-order valence-electron chi connectivity index (χ0n) is 6.94. The first-order chi connectivity index (χ1) is 5.59. The molecule has 0 amide bonds. The molecule has 66 valence electrons. The van der Waals surface area contributed by atoms with Crippen molar-refractivity contribution in [2.45, 2.75) is 19.9 Å². The number of halogens is 2. The van der Waals surface area contributed by atoms with E-state index in [1.807, 2.05) is 36.4 Å². The number of hydrogen-bond donors (Lipinski definition) is 1. The van der Waals surface area contributed by atoms with Crippen molar-refractivity contribution < 1.29 is 4.39 Å². The van der Waals surface area contributed by atoms with Crippen LogP contribution in [0.4, 0.5) is 10.2 Å². The predicted octanol–water partition coefficient (Wildman–Crippen LogP) is 2.65. The third kappa shape index (κ3) is 2.58. The first kappa shape index (κ1) is 9.70. The minimum atomic E-state index is -0.296. The van der Waals surface area contributed by atoms with Gasteiger partial charge in [0.2, 0.25) is 0 Å². The van der Waals surface area contributed by atoms with E-state index in [2.05, 4.69) is 10.3 Å². The Morgan fingerprint density at radius 3 is 2.75 bits per heavy atom. The first-order valence-corrected chi connectivity index (χ1v) is 4.75. The number of nitrogens with zero attached hydrogens (tertiary/aromatic N) is 1. The van der Waals surface area contributed by atoms with Crippen molar-refractivity contribution in [3.63, 3.8) is 0 Å². The fraction of sp³-hybridized carbons (Fsp3) is 0.375. The molecule has 1 aromatic heterocycles. The van der Waals surface area contributed by atoms with Crippen LogP contribution in [0.5, 0.6) is 0 Å². The second-order valence-corrected chi connectivity index (χ2v) is 4.03. The largest absolute Gasteiger partial charge is 0.365 e. The maximum Gasteiger partial charge on any atom is 0.166 e. The number of hydrogen-bond acceptors (Lipinski definition) is 2. The highest BCUT2D eigenvalue weighted by Gasteiger charge is 2.04. The van der Waals surface area contributed by atoms with E-state index in [4.69, 9.17) is 0 Å². The van der Waals surface area contributed by atoms with Gasteiger partial charge in [-0.25, -0.2) is 9.37 Å². The second-order valence-electron chi connectivity index (χ2n) is 2.78. The lowest BCUT2D eigenvalue weighted by molar-refractivity contribution is 0.620. The minimum Gasteiger partial charge on any atom is -0.365 e. The maximum absolute atomic E-state index is 13.1. The monoisotopic (exact) mass is 280 g/mol. The Kier molecular flexibility index (Phi) is 3.25. The average molecular weight is 280 g/mol. The summed E-state index contributed by atoms with van der Waals surface area (Å²) in [5.41, 5.74) is 0. The Morgan fingerprint density at radius 2 is 2.25 bits per heavy atom. The third-order valence-electron chi connectivity index (χ3n) is 1.23. The van der Waals surface area contributed by atoms with E-state index in [1.165, 1.54) is 6.07 Å². The molecular weight excluding hydrogens is 270 g/mol. The Bertz CT molecular complexity index is 276. The number of anilines is 1. The van der Waals surface area contributed by atoms with Gasteiger partial charge in [0.15, 0.2) is 11.6 Å². The normalized spacial score (nSPS) is 10.4. The van der Waals surface area contributed by atoms with Gasteiger partial charge in [-0.2, -0.15) is 0 Å². The molecule has 2 nitrogen and oxygen atoms in total. The standard InChI is InChI=1S/C8H10FIN2/c1-5(2)12-8-7(9)3-6(10)4-11-8/h3-5H,1-2H3,(H,11,12). The molecule has 0 spiro atoms. The summed E-state index contributed by atoms with van der Waals surface area (Å²) in [7, 11) is 0. The van der Waals surface area contributed by atoms with Crippen LogP contribution in [-0.2, 0) is 0 Å². The van der Waals surface area contributed by atoms with E-state index < -0.39 is 0 Å². The molecule has 0 bridgehead atoms. The Hall–Kier alpha value is -0.390. The lowest BCUT2D eigenvalue weighted by Crippen LogP contribution is -2.12. The molecule has 4 heteroatoms. The van der Waals surface area contributed by atoms with Gasteiger partial charge >= 0.3 is 0 Å². The van der Waals surface area contributed by atoms with Crippen LogP contribution >= 0.6 is 22.6 Å². The zero-order valence-corrected chi connectivity index (χ0v) is 9.09. The quantitative estimate of drug-likeness (QED) is 0.842. The molecule has 0 unspecified atom stereocenters. The summed E-state index contributed by atoms with van der Waals surface area (Å²) in [6.07, 6.45) is 1.63. The van der Waals surface area contributed by atoms with Gasteiger partial charge in [0.25, 0.3) is 0 Å². The van der Waals surface area contributed by atoms with Crippen LogP contribution in [0.3, 0.4) is 0 Å². The van der Waals surface area contributed by atoms with Crippen molar-refractivity contribution in [1.29, 1.82) is 0 Å². The minimum absolute atomic E-state index is 0.201. The van der Waals surface area contributed by atoms with Crippen molar-refractivity contribution >= 4 is 28.4 Å². The SMILES string of the molecule is CC(C)Nc1ncc(I)cc1F. The third-order valence-corrected chi connectivity index (χ3v) is 1.82. The molecule has 0 aliphatic heterocycles. The van der Waals surface area contributed by atoms with Crippen molar-refractivity contribution in [3.05, 3.63) is 21.7 Å². The van der Waals surface area contributed by atoms with E-state index in [0.717, 1.165) is 3.57 Å². The number of rotatable bonds is 2. The molecule has 0 fully saturated rings. The summed E-state index contributed by atoms with van der Waals surface area (Å²) in [4.78, 5) is 3.92. The smallest absolute Gasteiger partial charge is 0.166 e. The zero-order chi connectivity index (χ0) is 9.14. The molecule has 0 saturated carbocycles. The summed E-state index contributed by atoms with van der Waals surface area (Å²) in [5.74, 6) is 0.0287. The van der Waals surface area contributed by atoms with E-state index >= 15 is 0 Å². The van der Waals surface area contributed by atoms with Crippen LogP contribution in [0, 0.1) is 9.39 Å². The fourth-order valence-corrected chi connectivity index (χ4v) is 1.21. The molecule has 0 atom stereocenters. The van der Waals surface area contributed by atoms with E-state index in [1.54, 1.807) is 6.20 Å². The van der Waals surface area contributed by atoms with Crippen LogP contribution in [0.2, 0.25) is 0 Å². The Balaban J connectivity index is 2.86. The molecule has 0 aliphatic carbocycles. The van der Waals surface area contributed by atoms with Gasteiger partial charge in [0.1, 0.15) is 0 Å². The van der Waals surface area contributed by atoms with Crippen LogP contribution < -0.4 is 5.32 Å². The van der Waals surface area contributed by atoms with Gasteiger partial charge in [0.05, 0.1) is 0 Å². The number of nitrogens with one attached hydrogen (secondary N) is 1. The van der Waals surface area contributed by atoms with Gasteiger partial charge < -0.3 is 5.32 Å². The van der Waals surface area contributed by atoms with Gasteiger partial charge in [-0.3, -0.25) is 0 Å². The van der Waals surface area contributed by atoms with Crippen LogP contribution in [0.15, 0.2) is 12.3 Å². The van der Waals surface area contributed by atoms with Crippen LogP contribution in [0.25, 0.3) is 0 Å². The molecule has 1 N–H and O–H groups in total. The summed E-state index contributed by atoms with van der Waals surface area (Å²) in [6.45, 7) is 3.89. The lowest BCUT2D eigenvalue weighted by Gasteiger charge is -2.09. The van der Waals surface area contributed by atoms with Crippen molar-refractivity contribution in [3.8, 4) is 0 Å². The van der Waals surface area contributed by atoms with E-state index in [0.29, 0.717) is 5.82 Å². The molecule has 0 radical (unpaired) electrons. The summed E-state index contributed by atoms with van der Waals surface area (Å²) < 4.78 is 13.9. The summed E-state index contributed by atoms with van der Waals surface area (Å²) >= 11 is 2.03. The van der Waals surface area contributed by atoms with E-state index in [9.17, 15) is 4.39 Å². The van der Waals surface area contributed by atoms with Crippen LogP contribution in [-0.4, -0.2) is 11.0 Å². The van der Waals surface area contributed by atoms with Crippen molar-refractivity contribution in [2.24, 2.45) is 0 Å². The summed E-state index contributed by atoms with van der Waals surface area (Å²) in [6, 6.07) is 1.66. The topological polar surface area (TPSA) is 24.9 Å².